The van der Waals surface area contributed by atoms with Gasteiger partial charge in [-0.2, -0.15) is 0 Å². The van der Waals surface area contributed by atoms with E-state index in [1.807, 2.05) is 6.92 Å². The minimum atomic E-state index is -1.19. The maximum atomic E-state index is 12.1. The topological polar surface area (TPSA) is 95.5 Å². The Kier molecular flexibility index (Phi) is 7.45. The maximum Gasteiger partial charge on any atom is 0.328 e. The van der Waals surface area contributed by atoms with Crippen molar-refractivity contribution in [2.24, 2.45) is 0 Å². The lowest BCUT2D eigenvalue weighted by molar-refractivity contribution is -0.131. The lowest BCUT2D eigenvalue weighted by Gasteiger charge is -2.09. The number of carboxylic acid groups (broad SMARTS) is 1. The van der Waals surface area contributed by atoms with Gasteiger partial charge in [-0.15, -0.1) is 11.8 Å². The Morgan fingerprint density at radius 3 is 2.44 bits per heavy atom. The van der Waals surface area contributed by atoms with Crippen LogP contribution in [-0.4, -0.2) is 28.6 Å². The van der Waals surface area contributed by atoms with Crippen LogP contribution in [0.2, 0.25) is 5.02 Å². The van der Waals surface area contributed by atoms with Crippen LogP contribution in [0.4, 0.5) is 11.4 Å². The summed E-state index contributed by atoms with van der Waals surface area (Å²) in [6, 6.07) is 12.2. The number of thioether (sulfide) groups is 1. The average molecular weight is 405 g/mol. The molecule has 0 fully saturated rings. The van der Waals surface area contributed by atoms with Crippen LogP contribution in [0.5, 0.6) is 0 Å². The zero-order chi connectivity index (χ0) is 19.8. The van der Waals surface area contributed by atoms with Gasteiger partial charge in [-0.3, -0.25) is 9.59 Å². The lowest BCUT2D eigenvalue weighted by atomic mass is 10.2. The van der Waals surface area contributed by atoms with Crippen molar-refractivity contribution in [3.63, 3.8) is 0 Å². The Bertz CT molecular complexity index is 882. The second-order valence-electron chi connectivity index (χ2n) is 5.43. The van der Waals surface area contributed by atoms with Crippen LogP contribution in [-0.2, 0) is 14.4 Å². The molecule has 2 aromatic rings. The number of nitrogens with one attached hydrogen (secondary N) is 2. The number of rotatable bonds is 7. The fraction of sp³-hybridized carbons (Fsp3) is 0.105. The first-order valence-electron chi connectivity index (χ1n) is 7.85. The van der Waals surface area contributed by atoms with Gasteiger partial charge < -0.3 is 15.7 Å². The third-order valence-corrected chi connectivity index (χ3v) is 4.83. The monoisotopic (exact) mass is 404 g/mol. The second kappa shape index (κ2) is 9.80. The lowest BCUT2D eigenvalue weighted by Crippen LogP contribution is -2.14. The van der Waals surface area contributed by atoms with Crippen molar-refractivity contribution in [3.05, 3.63) is 65.2 Å². The molecule has 2 amide bonds. The van der Waals surface area contributed by atoms with Crippen LogP contribution >= 0.6 is 23.4 Å². The van der Waals surface area contributed by atoms with Crippen molar-refractivity contribution in [2.75, 3.05) is 16.4 Å². The van der Waals surface area contributed by atoms with Crippen molar-refractivity contribution in [3.8, 4) is 0 Å². The SMILES string of the molecule is Cc1c(Cl)cccc1NC(=O)CSc1ccc(NC(=O)/C=C/C(=O)O)cc1. The standard InChI is InChI=1S/C19H17ClN2O4S/c1-12-15(20)3-2-4-16(12)22-18(24)11-27-14-7-5-13(6-8-14)21-17(23)9-10-19(25)26/h2-10H,11H2,1H3,(H,21,23)(H,22,24)(H,25,26)/b10-9+. The van der Waals surface area contributed by atoms with E-state index in [2.05, 4.69) is 10.6 Å². The molecule has 0 unspecified atom stereocenters. The molecule has 0 saturated carbocycles. The van der Waals surface area contributed by atoms with E-state index in [1.54, 1.807) is 42.5 Å². The van der Waals surface area contributed by atoms with Gasteiger partial charge in [0.05, 0.1) is 5.75 Å². The summed E-state index contributed by atoms with van der Waals surface area (Å²) in [5, 5.41) is 14.4. The predicted octanol–water partition coefficient (Wildman–Crippen LogP) is 3.96. The number of halogens is 1. The van der Waals surface area contributed by atoms with Gasteiger partial charge in [-0.1, -0.05) is 17.7 Å². The summed E-state index contributed by atoms with van der Waals surface area (Å²) < 4.78 is 0. The number of aliphatic carboxylic acids is 1. The molecule has 140 valence electrons. The number of amides is 2. The molecule has 0 saturated heterocycles. The van der Waals surface area contributed by atoms with Crippen molar-refractivity contribution >= 4 is 52.5 Å². The number of carbonyl (C=O) groups excluding carboxylic acids is 2. The average Bonchev–Trinajstić information content (AvgIpc) is 2.63. The van der Waals surface area contributed by atoms with Crippen LogP contribution < -0.4 is 10.6 Å². The Balaban J connectivity index is 1.85. The van der Waals surface area contributed by atoms with E-state index in [-0.39, 0.29) is 11.7 Å². The van der Waals surface area contributed by atoms with E-state index in [0.29, 0.717) is 16.4 Å². The minimum absolute atomic E-state index is 0.151. The van der Waals surface area contributed by atoms with E-state index < -0.39 is 11.9 Å². The van der Waals surface area contributed by atoms with Crippen LogP contribution in [0.25, 0.3) is 0 Å². The zero-order valence-electron chi connectivity index (χ0n) is 14.4. The largest absolute Gasteiger partial charge is 0.478 e. The summed E-state index contributed by atoms with van der Waals surface area (Å²) in [4.78, 5) is 34.8. The smallest absolute Gasteiger partial charge is 0.328 e. The summed E-state index contributed by atoms with van der Waals surface area (Å²) in [5.74, 6) is -1.65. The Hall–Kier alpha value is -2.77. The first-order valence-corrected chi connectivity index (χ1v) is 9.21. The van der Waals surface area contributed by atoms with Gasteiger partial charge in [0.25, 0.3) is 0 Å². The van der Waals surface area contributed by atoms with Gasteiger partial charge in [-0.05, 0) is 48.9 Å². The molecule has 0 aliphatic carbocycles. The molecule has 0 radical (unpaired) electrons. The van der Waals surface area contributed by atoms with Crippen molar-refractivity contribution in [1.82, 2.24) is 0 Å². The van der Waals surface area contributed by atoms with Crippen molar-refractivity contribution in [1.29, 1.82) is 0 Å². The van der Waals surface area contributed by atoms with Gasteiger partial charge in [-0.25, -0.2) is 4.79 Å². The summed E-state index contributed by atoms with van der Waals surface area (Å²) in [6.45, 7) is 1.84. The van der Waals surface area contributed by atoms with Crippen LogP contribution in [0.15, 0.2) is 59.5 Å². The van der Waals surface area contributed by atoms with E-state index >= 15 is 0 Å². The first-order chi connectivity index (χ1) is 12.8. The number of carboxylic acids is 1. The van der Waals surface area contributed by atoms with E-state index in [4.69, 9.17) is 16.7 Å². The molecule has 6 nitrogen and oxygen atoms in total. The molecule has 8 heteroatoms. The summed E-state index contributed by atoms with van der Waals surface area (Å²) >= 11 is 7.39. The molecule has 0 heterocycles. The third kappa shape index (κ3) is 6.80. The molecule has 2 aromatic carbocycles. The molecule has 0 spiro atoms. The second-order valence-corrected chi connectivity index (χ2v) is 6.89. The normalized spacial score (nSPS) is 10.6. The third-order valence-electron chi connectivity index (χ3n) is 3.41. The summed E-state index contributed by atoms with van der Waals surface area (Å²) in [5.41, 5.74) is 2.02. The minimum Gasteiger partial charge on any atom is -0.478 e. The highest BCUT2D eigenvalue weighted by molar-refractivity contribution is 8.00. The number of hydrogen-bond acceptors (Lipinski definition) is 4. The number of hydrogen-bond donors (Lipinski definition) is 3. The van der Waals surface area contributed by atoms with E-state index in [0.717, 1.165) is 22.6 Å². The highest BCUT2D eigenvalue weighted by atomic mass is 35.5. The molecule has 0 bridgehead atoms. The van der Waals surface area contributed by atoms with Gasteiger partial charge in [0, 0.05) is 33.4 Å². The van der Waals surface area contributed by atoms with Gasteiger partial charge in [0.2, 0.25) is 11.8 Å². The fourth-order valence-electron chi connectivity index (χ4n) is 2.04. The van der Waals surface area contributed by atoms with Gasteiger partial charge in [0.1, 0.15) is 0 Å². The quantitative estimate of drug-likeness (QED) is 0.479. The highest BCUT2D eigenvalue weighted by Gasteiger charge is 2.08. The fourth-order valence-corrected chi connectivity index (χ4v) is 2.92. The molecule has 0 aromatic heterocycles. The molecule has 27 heavy (non-hydrogen) atoms. The molecular weight excluding hydrogens is 388 g/mol. The molecule has 0 aliphatic heterocycles. The number of anilines is 2. The van der Waals surface area contributed by atoms with Crippen LogP contribution in [0.1, 0.15) is 5.56 Å². The summed E-state index contributed by atoms with van der Waals surface area (Å²) in [7, 11) is 0. The van der Waals surface area contributed by atoms with Crippen LogP contribution in [0.3, 0.4) is 0 Å². The van der Waals surface area contributed by atoms with Crippen molar-refractivity contribution < 1.29 is 19.5 Å². The zero-order valence-corrected chi connectivity index (χ0v) is 15.9. The maximum absolute atomic E-state index is 12.1. The van der Waals surface area contributed by atoms with Gasteiger partial charge >= 0.3 is 5.97 Å². The molecular formula is C19H17ClN2O4S. The van der Waals surface area contributed by atoms with Crippen LogP contribution in [0, 0.1) is 6.92 Å². The molecule has 2 rings (SSSR count). The van der Waals surface area contributed by atoms with Gasteiger partial charge in [0.15, 0.2) is 0 Å². The van der Waals surface area contributed by atoms with E-state index in [1.165, 1.54) is 11.8 Å². The molecule has 0 aliphatic rings. The Morgan fingerprint density at radius 1 is 1.07 bits per heavy atom. The molecule has 0 atom stereocenters. The Morgan fingerprint density at radius 2 is 1.78 bits per heavy atom. The predicted molar refractivity (Wildman–Crippen MR) is 107 cm³/mol. The highest BCUT2D eigenvalue weighted by Crippen LogP contribution is 2.24. The number of carbonyl (C=O) groups is 3. The number of benzene rings is 2. The molecule has 3 N–H and O–H groups in total. The first kappa shape index (κ1) is 20.5. The van der Waals surface area contributed by atoms with E-state index in [9.17, 15) is 14.4 Å². The summed E-state index contributed by atoms with van der Waals surface area (Å²) in [6.07, 6.45) is 1.70. The Labute approximate surface area is 165 Å². The van der Waals surface area contributed by atoms with Crippen molar-refractivity contribution in [2.45, 2.75) is 11.8 Å².